The second-order valence-electron chi connectivity index (χ2n) is 4.19. The van der Waals surface area contributed by atoms with Gasteiger partial charge in [-0.1, -0.05) is 18.2 Å². The first-order valence-electron chi connectivity index (χ1n) is 5.95. The fourth-order valence-electron chi connectivity index (χ4n) is 1.94. The van der Waals surface area contributed by atoms with Crippen molar-refractivity contribution in [2.24, 2.45) is 12.8 Å². The fourth-order valence-corrected chi connectivity index (χ4v) is 1.94. The van der Waals surface area contributed by atoms with E-state index in [1.807, 2.05) is 24.3 Å². The van der Waals surface area contributed by atoms with Gasteiger partial charge in [0.15, 0.2) is 0 Å². The summed E-state index contributed by atoms with van der Waals surface area (Å²) in [5, 5.41) is 6.57. The molecule has 2 rings (SSSR count). The van der Waals surface area contributed by atoms with Gasteiger partial charge in [-0.3, -0.25) is 4.79 Å². The largest absolute Gasteiger partial charge is 0.383 e. The number of aryl methyl sites for hydroxylation is 1. The number of carbonyl (C=O) groups excluding carboxylic acids is 1. The van der Waals surface area contributed by atoms with E-state index in [-0.39, 0.29) is 5.56 Å². The Bertz CT molecular complexity index is 663. The number of benzene rings is 1. The van der Waals surface area contributed by atoms with Crippen molar-refractivity contribution < 1.29 is 4.79 Å². The number of hydrogen-bond acceptors (Lipinski definition) is 3. The van der Waals surface area contributed by atoms with Gasteiger partial charge in [0.25, 0.3) is 5.56 Å². The lowest BCUT2D eigenvalue weighted by Crippen LogP contribution is -2.33. The summed E-state index contributed by atoms with van der Waals surface area (Å²) in [5.74, 6) is 0. The summed E-state index contributed by atoms with van der Waals surface area (Å²) in [6, 6.07) is 8.63. The highest BCUT2D eigenvalue weighted by molar-refractivity contribution is 5.91. The first kappa shape index (κ1) is 12.9. The van der Waals surface area contributed by atoms with Crippen molar-refractivity contribution in [1.82, 2.24) is 9.88 Å². The molecule has 19 heavy (non-hydrogen) atoms. The molecule has 0 bridgehead atoms. The normalized spacial score (nSPS) is 10.4. The molecule has 0 spiro atoms. The maximum absolute atomic E-state index is 11.8. The second kappa shape index (κ2) is 5.43. The fraction of sp³-hybridized carbons (Fsp3) is 0.231. The lowest BCUT2D eigenvalue weighted by atomic mass is 10.2. The van der Waals surface area contributed by atoms with Crippen LogP contribution in [0.1, 0.15) is 0 Å². The minimum Gasteiger partial charge on any atom is -0.383 e. The van der Waals surface area contributed by atoms with Crippen LogP contribution in [0.3, 0.4) is 0 Å². The number of para-hydroxylation sites is 1. The highest BCUT2D eigenvalue weighted by atomic mass is 16.2. The van der Waals surface area contributed by atoms with Crippen LogP contribution in [-0.4, -0.2) is 23.7 Å². The number of aromatic nitrogens is 1. The Morgan fingerprint density at radius 1 is 1.32 bits per heavy atom. The molecule has 1 aromatic heterocycles. The summed E-state index contributed by atoms with van der Waals surface area (Å²) < 4.78 is 1.60. The number of nitrogens with two attached hydrogens (primary N) is 1. The summed E-state index contributed by atoms with van der Waals surface area (Å²) in [7, 11) is 1.74. The molecule has 0 fully saturated rings. The number of nitrogens with one attached hydrogen (secondary N) is 2. The monoisotopic (exact) mass is 260 g/mol. The molecule has 0 aliphatic heterocycles. The Labute approximate surface area is 110 Å². The standard InChI is InChI=1S/C13H16N4O2/c1-17-11-5-3-2-4-9(11)10(8-12(17)18)15-6-7-16-13(14)19/h2-5,8,15H,6-7H2,1H3,(H3,14,16,19). The molecule has 2 aromatic rings. The van der Waals surface area contributed by atoms with Crippen LogP contribution in [0, 0.1) is 0 Å². The zero-order valence-corrected chi connectivity index (χ0v) is 10.6. The van der Waals surface area contributed by atoms with Gasteiger partial charge in [0, 0.05) is 37.3 Å². The molecule has 2 amide bonds. The predicted molar refractivity (Wildman–Crippen MR) is 75.3 cm³/mol. The van der Waals surface area contributed by atoms with Crippen LogP contribution in [-0.2, 0) is 7.05 Å². The number of fused-ring (bicyclic) bond motifs is 1. The third-order valence-electron chi connectivity index (χ3n) is 2.89. The first-order chi connectivity index (χ1) is 9.09. The first-order valence-corrected chi connectivity index (χ1v) is 5.95. The van der Waals surface area contributed by atoms with Crippen molar-refractivity contribution in [3.05, 3.63) is 40.7 Å². The molecule has 6 heteroatoms. The van der Waals surface area contributed by atoms with Crippen LogP contribution >= 0.6 is 0 Å². The van der Waals surface area contributed by atoms with Crippen LogP contribution in [0.4, 0.5) is 10.5 Å². The lowest BCUT2D eigenvalue weighted by molar-refractivity contribution is 0.249. The quantitative estimate of drug-likeness (QED) is 0.704. The predicted octanol–water partition coefficient (Wildman–Crippen LogP) is 0.619. The topological polar surface area (TPSA) is 89.2 Å². The smallest absolute Gasteiger partial charge is 0.312 e. The maximum atomic E-state index is 11.8. The van der Waals surface area contributed by atoms with Gasteiger partial charge >= 0.3 is 6.03 Å². The van der Waals surface area contributed by atoms with Crippen LogP contribution in [0.5, 0.6) is 0 Å². The van der Waals surface area contributed by atoms with E-state index in [9.17, 15) is 9.59 Å². The minimum atomic E-state index is -0.560. The van der Waals surface area contributed by atoms with Crippen LogP contribution in [0.15, 0.2) is 35.1 Å². The molecular weight excluding hydrogens is 244 g/mol. The molecule has 100 valence electrons. The molecule has 0 saturated heterocycles. The summed E-state index contributed by atoms with van der Waals surface area (Å²) in [6.07, 6.45) is 0. The number of nitrogens with zero attached hydrogens (tertiary/aromatic N) is 1. The highest BCUT2D eigenvalue weighted by Crippen LogP contribution is 2.20. The molecule has 0 aliphatic carbocycles. The number of anilines is 1. The van der Waals surface area contributed by atoms with Crippen molar-refractivity contribution in [2.75, 3.05) is 18.4 Å². The van der Waals surface area contributed by atoms with Crippen molar-refractivity contribution in [2.45, 2.75) is 0 Å². The number of urea groups is 1. The molecule has 0 aliphatic rings. The van der Waals surface area contributed by atoms with Crippen molar-refractivity contribution >= 4 is 22.6 Å². The van der Waals surface area contributed by atoms with E-state index < -0.39 is 6.03 Å². The molecule has 0 radical (unpaired) electrons. The van der Waals surface area contributed by atoms with Crippen molar-refractivity contribution in [1.29, 1.82) is 0 Å². The van der Waals surface area contributed by atoms with E-state index in [0.717, 1.165) is 16.6 Å². The van der Waals surface area contributed by atoms with E-state index in [2.05, 4.69) is 10.6 Å². The van der Waals surface area contributed by atoms with Gasteiger partial charge in [0.2, 0.25) is 0 Å². The van der Waals surface area contributed by atoms with E-state index >= 15 is 0 Å². The third kappa shape index (κ3) is 2.85. The SMILES string of the molecule is Cn1c(=O)cc(NCCNC(N)=O)c2ccccc21. The van der Waals surface area contributed by atoms with Gasteiger partial charge < -0.3 is 20.9 Å². The second-order valence-corrected chi connectivity index (χ2v) is 4.19. The number of rotatable bonds is 4. The molecule has 1 heterocycles. The lowest BCUT2D eigenvalue weighted by Gasteiger charge is -2.12. The Balaban J connectivity index is 2.26. The Morgan fingerprint density at radius 2 is 2.05 bits per heavy atom. The number of carbonyl (C=O) groups is 1. The van der Waals surface area contributed by atoms with Crippen LogP contribution in [0.2, 0.25) is 0 Å². The van der Waals surface area contributed by atoms with Gasteiger partial charge in [-0.2, -0.15) is 0 Å². The molecule has 0 saturated carbocycles. The average Bonchev–Trinajstić information content (AvgIpc) is 2.40. The third-order valence-corrected chi connectivity index (χ3v) is 2.89. The van der Waals surface area contributed by atoms with Crippen molar-refractivity contribution in [3.8, 4) is 0 Å². The molecule has 4 N–H and O–H groups in total. The van der Waals surface area contributed by atoms with E-state index in [4.69, 9.17) is 5.73 Å². The van der Waals surface area contributed by atoms with Crippen molar-refractivity contribution in [3.63, 3.8) is 0 Å². The van der Waals surface area contributed by atoms with Gasteiger partial charge in [-0.25, -0.2) is 4.79 Å². The summed E-state index contributed by atoms with van der Waals surface area (Å²) in [5.41, 5.74) is 6.51. The van der Waals surface area contributed by atoms with Gasteiger partial charge in [0.05, 0.1) is 5.52 Å². The summed E-state index contributed by atoms with van der Waals surface area (Å²) in [4.78, 5) is 22.4. The Morgan fingerprint density at radius 3 is 2.79 bits per heavy atom. The molecular formula is C13H16N4O2. The zero-order chi connectivity index (χ0) is 13.8. The van der Waals surface area contributed by atoms with Gasteiger partial charge in [0.1, 0.15) is 0 Å². The molecule has 0 atom stereocenters. The Kier molecular flexibility index (Phi) is 3.70. The number of hydrogen-bond donors (Lipinski definition) is 3. The molecule has 1 aromatic carbocycles. The van der Waals surface area contributed by atoms with E-state index in [1.54, 1.807) is 17.7 Å². The molecule has 0 unspecified atom stereocenters. The summed E-state index contributed by atoms with van der Waals surface area (Å²) >= 11 is 0. The van der Waals surface area contributed by atoms with Gasteiger partial charge in [-0.05, 0) is 6.07 Å². The number of primary amides is 1. The van der Waals surface area contributed by atoms with Crippen LogP contribution < -0.4 is 21.9 Å². The molecule has 6 nitrogen and oxygen atoms in total. The Hall–Kier alpha value is -2.50. The number of amides is 2. The van der Waals surface area contributed by atoms with Gasteiger partial charge in [-0.15, -0.1) is 0 Å². The van der Waals surface area contributed by atoms with E-state index in [0.29, 0.717) is 13.1 Å². The van der Waals surface area contributed by atoms with Crippen LogP contribution in [0.25, 0.3) is 10.9 Å². The average molecular weight is 260 g/mol. The summed E-state index contributed by atoms with van der Waals surface area (Å²) in [6.45, 7) is 0.902. The highest BCUT2D eigenvalue weighted by Gasteiger charge is 2.05. The minimum absolute atomic E-state index is 0.0796. The maximum Gasteiger partial charge on any atom is 0.312 e. The van der Waals surface area contributed by atoms with E-state index in [1.165, 1.54) is 0 Å². The number of pyridine rings is 1. The zero-order valence-electron chi connectivity index (χ0n) is 10.6.